The summed E-state index contributed by atoms with van der Waals surface area (Å²) in [5, 5.41) is 9.48. The van der Waals surface area contributed by atoms with E-state index in [4.69, 9.17) is 0 Å². The summed E-state index contributed by atoms with van der Waals surface area (Å²) in [6.07, 6.45) is 4.92. The Bertz CT molecular complexity index is 356. The van der Waals surface area contributed by atoms with E-state index in [2.05, 4.69) is 39.0 Å². The molecule has 1 N–H and O–H groups in total. The van der Waals surface area contributed by atoms with Gasteiger partial charge in [0.25, 0.3) is 0 Å². The molecule has 0 bridgehead atoms. The number of halogens is 1. The van der Waals surface area contributed by atoms with Gasteiger partial charge in [-0.3, -0.25) is 4.90 Å². The van der Waals surface area contributed by atoms with Gasteiger partial charge in [-0.1, -0.05) is 47.0 Å². The molecule has 0 amide bonds. The molecule has 17 heavy (non-hydrogen) atoms. The standard InChI is InChI=1S/C14H20BrNO/c15-14-8-4-3-6-12(14)10-16-9-5-1-2-7-13(16)11-17/h3-4,6,8,13,17H,1-2,5,7,9-11H2. The van der Waals surface area contributed by atoms with Crippen molar-refractivity contribution < 1.29 is 5.11 Å². The van der Waals surface area contributed by atoms with E-state index in [1.54, 1.807) is 0 Å². The fourth-order valence-electron chi connectivity index (χ4n) is 2.50. The fraction of sp³-hybridized carbons (Fsp3) is 0.571. The van der Waals surface area contributed by atoms with Crippen molar-refractivity contribution in [1.82, 2.24) is 4.90 Å². The van der Waals surface area contributed by atoms with Crippen molar-refractivity contribution in [2.24, 2.45) is 0 Å². The SMILES string of the molecule is OCC1CCCCCN1Cc1ccccc1Br. The first kappa shape index (κ1) is 13.1. The van der Waals surface area contributed by atoms with Crippen molar-refractivity contribution in [1.29, 1.82) is 0 Å². The van der Waals surface area contributed by atoms with E-state index < -0.39 is 0 Å². The maximum atomic E-state index is 9.48. The summed E-state index contributed by atoms with van der Waals surface area (Å²) in [5.41, 5.74) is 1.31. The lowest BCUT2D eigenvalue weighted by Crippen LogP contribution is -2.36. The first-order valence-corrected chi connectivity index (χ1v) is 7.19. The number of hydrogen-bond donors (Lipinski definition) is 1. The molecule has 0 aliphatic carbocycles. The molecule has 0 radical (unpaired) electrons. The normalized spacial score (nSPS) is 22.4. The third kappa shape index (κ3) is 3.54. The van der Waals surface area contributed by atoms with Gasteiger partial charge in [0.1, 0.15) is 0 Å². The van der Waals surface area contributed by atoms with Crippen LogP contribution < -0.4 is 0 Å². The Morgan fingerprint density at radius 3 is 2.82 bits per heavy atom. The van der Waals surface area contributed by atoms with E-state index in [0.717, 1.165) is 19.5 Å². The molecule has 0 saturated carbocycles. The molecule has 1 aliphatic heterocycles. The molecule has 0 aromatic heterocycles. The zero-order chi connectivity index (χ0) is 12.1. The second kappa shape index (κ2) is 6.53. The number of likely N-dealkylation sites (tertiary alicyclic amines) is 1. The van der Waals surface area contributed by atoms with Crippen LogP contribution in [0.15, 0.2) is 28.7 Å². The summed E-state index contributed by atoms with van der Waals surface area (Å²) in [4.78, 5) is 2.42. The van der Waals surface area contributed by atoms with Crippen molar-refractivity contribution in [3.05, 3.63) is 34.3 Å². The monoisotopic (exact) mass is 297 g/mol. The molecule has 1 aromatic carbocycles. The Balaban J connectivity index is 2.07. The lowest BCUT2D eigenvalue weighted by Gasteiger charge is -2.28. The lowest BCUT2D eigenvalue weighted by atomic mass is 10.1. The molecule has 1 aromatic rings. The summed E-state index contributed by atoms with van der Waals surface area (Å²) in [6.45, 7) is 2.32. The van der Waals surface area contributed by atoms with Crippen LogP contribution in [0.25, 0.3) is 0 Å². The lowest BCUT2D eigenvalue weighted by molar-refractivity contribution is 0.118. The van der Waals surface area contributed by atoms with Crippen LogP contribution in [-0.2, 0) is 6.54 Å². The average Bonchev–Trinajstić information content (AvgIpc) is 2.57. The topological polar surface area (TPSA) is 23.5 Å². The summed E-state index contributed by atoms with van der Waals surface area (Å²) in [5.74, 6) is 0. The minimum absolute atomic E-state index is 0.282. The Morgan fingerprint density at radius 2 is 2.06 bits per heavy atom. The van der Waals surface area contributed by atoms with Crippen LogP contribution in [0.2, 0.25) is 0 Å². The minimum atomic E-state index is 0.282. The van der Waals surface area contributed by atoms with Crippen molar-refractivity contribution >= 4 is 15.9 Å². The van der Waals surface area contributed by atoms with Crippen LogP contribution in [0.5, 0.6) is 0 Å². The second-order valence-electron chi connectivity index (χ2n) is 4.75. The largest absolute Gasteiger partial charge is 0.395 e. The summed E-state index contributed by atoms with van der Waals surface area (Å²) >= 11 is 3.60. The van der Waals surface area contributed by atoms with Crippen LogP contribution >= 0.6 is 15.9 Å². The third-order valence-corrected chi connectivity index (χ3v) is 4.31. The van der Waals surface area contributed by atoms with Gasteiger partial charge in [-0.25, -0.2) is 0 Å². The Hall–Kier alpha value is -0.380. The molecular weight excluding hydrogens is 278 g/mol. The van der Waals surface area contributed by atoms with Gasteiger partial charge < -0.3 is 5.11 Å². The number of rotatable bonds is 3. The first-order chi connectivity index (χ1) is 8.31. The smallest absolute Gasteiger partial charge is 0.0586 e. The number of aliphatic hydroxyl groups is 1. The highest BCUT2D eigenvalue weighted by Crippen LogP contribution is 2.22. The third-order valence-electron chi connectivity index (χ3n) is 3.54. The zero-order valence-corrected chi connectivity index (χ0v) is 11.7. The minimum Gasteiger partial charge on any atom is -0.395 e. The van der Waals surface area contributed by atoms with Crippen LogP contribution in [0.3, 0.4) is 0 Å². The molecule has 0 spiro atoms. The van der Waals surface area contributed by atoms with Gasteiger partial charge in [-0.2, -0.15) is 0 Å². The van der Waals surface area contributed by atoms with Gasteiger partial charge in [-0.15, -0.1) is 0 Å². The maximum Gasteiger partial charge on any atom is 0.0586 e. The van der Waals surface area contributed by atoms with Crippen LogP contribution in [-0.4, -0.2) is 29.2 Å². The molecule has 3 heteroatoms. The summed E-state index contributed by atoms with van der Waals surface area (Å²) in [6, 6.07) is 8.69. The highest BCUT2D eigenvalue weighted by atomic mass is 79.9. The van der Waals surface area contributed by atoms with E-state index in [-0.39, 0.29) is 6.61 Å². The molecule has 1 saturated heterocycles. The Kier molecular flexibility index (Phi) is 5.01. The van der Waals surface area contributed by atoms with Gasteiger partial charge in [0.2, 0.25) is 0 Å². The van der Waals surface area contributed by atoms with E-state index in [1.165, 1.54) is 29.3 Å². The molecule has 2 nitrogen and oxygen atoms in total. The summed E-state index contributed by atoms with van der Waals surface area (Å²) in [7, 11) is 0. The molecule has 1 aliphatic rings. The van der Waals surface area contributed by atoms with Gasteiger partial charge in [0, 0.05) is 17.1 Å². The van der Waals surface area contributed by atoms with Crippen molar-refractivity contribution in [3.8, 4) is 0 Å². The molecule has 94 valence electrons. The molecule has 1 heterocycles. The number of benzene rings is 1. The molecular formula is C14H20BrNO. The Labute approximate surface area is 112 Å². The van der Waals surface area contributed by atoms with Crippen LogP contribution in [0.4, 0.5) is 0 Å². The van der Waals surface area contributed by atoms with Crippen molar-refractivity contribution in [2.75, 3.05) is 13.2 Å². The van der Waals surface area contributed by atoms with Gasteiger partial charge >= 0.3 is 0 Å². The van der Waals surface area contributed by atoms with Crippen LogP contribution in [0, 0.1) is 0 Å². The van der Waals surface area contributed by atoms with E-state index >= 15 is 0 Å². The zero-order valence-electron chi connectivity index (χ0n) is 10.1. The van der Waals surface area contributed by atoms with Gasteiger partial charge in [0.05, 0.1) is 6.61 Å². The molecule has 2 rings (SSSR count). The highest BCUT2D eigenvalue weighted by Gasteiger charge is 2.20. The second-order valence-corrected chi connectivity index (χ2v) is 5.60. The van der Waals surface area contributed by atoms with Gasteiger partial charge in [0.15, 0.2) is 0 Å². The Morgan fingerprint density at radius 1 is 1.24 bits per heavy atom. The number of nitrogens with zero attached hydrogens (tertiary/aromatic N) is 1. The van der Waals surface area contributed by atoms with E-state index in [0.29, 0.717) is 6.04 Å². The first-order valence-electron chi connectivity index (χ1n) is 6.39. The molecule has 1 atom stereocenters. The van der Waals surface area contributed by atoms with E-state index in [9.17, 15) is 5.11 Å². The number of aliphatic hydroxyl groups excluding tert-OH is 1. The summed E-state index contributed by atoms with van der Waals surface area (Å²) < 4.78 is 1.17. The van der Waals surface area contributed by atoms with Crippen molar-refractivity contribution in [2.45, 2.75) is 38.3 Å². The van der Waals surface area contributed by atoms with Crippen molar-refractivity contribution in [3.63, 3.8) is 0 Å². The van der Waals surface area contributed by atoms with Gasteiger partial charge in [-0.05, 0) is 31.0 Å². The molecule has 1 unspecified atom stereocenters. The predicted octanol–water partition coefficient (Wildman–Crippen LogP) is 3.19. The molecule has 1 fully saturated rings. The number of hydrogen-bond acceptors (Lipinski definition) is 2. The highest BCUT2D eigenvalue weighted by molar-refractivity contribution is 9.10. The predicted molar refractivity (Wildman–Crippen MR) is 73.9 cm³/mol. The van der Waals surface area contributed by atoms with Crippen LogP contribution in [0.1, 0.15) is 31.2 Å². The fourth-order valence-corrected chi connectivity index (χ4v) is 2.91. The average molecular weight is 298 g/mol. The quantitative estimate of drug-likeness (QED) is 0.926. The maximum absolute atomic E-state index is 9.48. The van der Waals surface area contributed by atoms with E-state index in [1.807, 2.05) is 6.07 Å².